The van der Waals surface area contributed by atoms with Crippen LogP contribution in [0.5, 0.6) is 0 Å². The minimum atomic E-state index is 0.317. The summed E-state index contributed by atoms with van der Waals surface area (Å²) in [6, 6.07) is 0. The van der Waals surface area contributed by atoms with Crippen molar-refractivity contribution < 1.29 is 4.52 Å². The van der Waals surface area contributed by atoms with E-state index in [0.717, 1.165) is 23.3 Å². The number of hydrogen-bond donors (Lipinski definition) is 1. The summed E-state index contributed by atoms with van der Waals surface area (Å²) in [6.45, 7) is 4.90. The van der Waals surface area contributed by atoms with E-state index < -0.39 is 0 Å². The van der Waals surface area contributed by atoms with Gasteiger partial charge in [-0.2, -0.15) is 4.98 Å². The van der Waals surface area contributed by atoms with Crippen molar-refractivity contribution in [2.45, 2.75) is 51.5 Å². The molecular formula is C14H22N4OS. The summed E-state index contributed by atoms with van der Waals surface area (Å²) in [4.78, 5) is 8.83. The van der Waals surface area contributed by atoms with Gasteiger partial charge in [0.15, 0.2) is 11.0 Å². The fraction of sp³-hybridized carbons (Fsp3) is 0.786. The van der Waals surface area contributed by atoms with Gasteiger partial charge in [-0.3, -0.25) is 4.99 Å². The largest absolute Gasteiger partial charge is 0.359 e. The van der Waals surface area contributed by atoms with E-state index in [-0.39, 0.29) is 0 Å². The average molecular weight is 294 g/mol. The molecule has 1 N–H and O–H groups in total. The Labute approximate surface area is 124 Å². The molecule has 3 rings (SSSR count). The maximum Gasteiger partial charge on any atom is 0.228 e. The molecule has 1 aromatic rings. The number of nitrogens with zero attached hydrogens (tertiary/aromatic N) is 3. The van der Waals surface area contributed by atoms with Gasteiger partial charge in [0.1, 0.15) is 0 Å². The molecule has 2 heterocycles. The lowest BCUT2D eigenvalue weighted by molar-refractivity contribution is 0.251. The molecule has 5 nitrogen and oxygen atoms in total. The highest BCUT2D eigenvalue weighted by Gasteiger charge is 2.39. The zero-order valence-corrected chi connectivity index (χ0v) is 13.0. The first-order valence-corrected chi connectivity index (χ1v) is 8.38. The number of aryl methyl sites for hydroxylation is 1. The Balaban J connectivity index is 1.50. The second-order valence-electron chi connectivity index (χ2n) is 6.05. The molecule has 0 radical (unpaired) electrons. The van der Waals surface area contributed by atoms with E-state index in [1.165, 1.54) is 25.7 Å². The highest BCUT2D eigenvalue weighted by atomic mass is 32.2. The van der Waals surface area contributed by atoms with Crippen LogP contribution in [-0.2, 0) is 6.42 Å². The summed E-state index contributed by atoms with van der Waals surface area (Å²) in [5.74, 6) is 3.42. The molecule has 1 saturated heterocycles. The number of amidine groups is 1. The molecule has 1 aromatic heterocycles. The fourth-order valence-corrected chi connectivity index (χ4v) is 4.11. The number of nitrogens with one attached hydrogen (secondary N) is 1. The van der Waals surface area contributed by atoms with Gasteiger partial charge in [-0.1, -0.05) is 23.8 Å². The summed E-state index contributed by atoms with van der Waals surface area (Å²) in [7, 11) is 0. The van der Waals surface area contributed by atoms with Gasteiger partial charge in [-0.25, -0.2) is 0 Å². The van der Waals surface area contributed by atoms with Crippen LogP contribution in [0.25, 0.3) is 0 Å². The number of hydrogen-bond acceptors (Lipinski definition) is 5. The van der Waals surface area contributed by atoms with E-state index in [9.17, 15) is 0 Å². The van der Waals surface area contributed by atoms with Crippen LogP contribution in [0.3, 0.4) is 0 Å². The summed E-state index contributed by atoms with van der Waals surface area (Å²) in [6.07, 6.45) is 5.95. The molecule has 0 bridgehead atoms. The SMILES string of the molecule is Cc1noc(CCN=C2NC3(CCC(C)CC3)CS2)n1. The van der Waals surface area contributed by atoms with Gasteiger partial charge in [0.25, 0.3) is 0 Å². The first-order chi connectivity index (χ1) is 9.65. The quantitative estimate of drug-likeness (QED) is 0.928. The van der Waals surface area contributed by atoms with Crippen molar-refractivity contribution in [2.75, 3.05) is 12.3 Å². The molecule has 20 heavy (non-hydrogen) atoms. The maximum absolute atomic E-state index is 5.09. The van der Waals surface area contributed by atoms with E-state index >= 15 is 0 Å². The number of aromatic nitrogens is 2. The van der Waals surface area contributed by atoms with Crippen molar-refractivity contribution in [2.24, 2.45) is 10.9 Å². The van der Waals surface area contributed by atoms with Crippen LogP contribution in [0.1, 0.15) is 44.3 Å². The molecule has 2 aliphatic rings. The van der Waals surface area contributed by atoms with Crippen molar-refractivity contribution in [1.29, 1.82) is 0 Å². The highest BCUT2D eigenvalue weighted by molar-refractivity contribution is 8.14. The van der Waals surface area contributed by atoms with E-state index in [0.29, 0.717) is 23.8 Å². The summed E-state index contributed by atoms with van der Waals surface area (Å²) >= 11 is 1.86. The lowest BCUT2D eigenvalue weighted by atomic mass is 9.78. The molecular weight excluding hydrogens is 272 g/mol. The Bertz CT molecular complexity index is 491. The van der Waals surface area contributed by atoms with Crippen molar-refractivity contribution in [3.63, 3.8) is 0 Å². The monoisotopic (exact) mass is 294 g/mol. The van der Waals surface area contributed by atoms with Crippen molar-refractivity contribution in [3.05, 3.63) is 11.7 Å². The minimum absolute atomic E-state index is 0.317. The molecule has 2 fully saturated rings. The molecule has 0 atom stereocenters. The van der Waals surface area contributed by atoms with Gasteiger partial charge in [0.05, 0.1) is 6.54 Å². The van der Waals surface area contributed by atoms with E-state index in [2.05, 4.69) is 27.4 Å². The van der Waals surface area contributed by atoms with Gasteiger partial charge in [-0.05, 0) is 38.5 Å². The Morgan fingerprint density at radius 3 is 2.95 bits per heavy atom. The zero-order valence-electron chi connectivity index (χ0n) is 12.2. The summed E-state index contributed by atoms with van der Waals surface area (Å²) < 4.78 is 5.09. The molecule has 1 aliphatic heterocycles. The molecule has 0 unspecified atom stereocenters. The predicted octanol–water partition coefficient (Wildman–Crippen LogP) is 2.56. The number of rotatable bonds is 3. The normalized spacial score (nSPS) is 31.9. The summed E-state index contributed by atoms with van der Waals surface area (Å²) in [5.41, 5.74) is 0.317. The Hall–Kier alpha value is -1.04. The van der Waals surface area contributed by atoms with E-state index in [4.69, 9.17) is 4.52 Å². The predicted molar refractivity (Wildman–Crippen MR) is 81.0 cm³/mol. The third-order valence-corrected chi connectivity index (χ3v) is 5.44. The first-order valence-electron chi connectivity index (χ1n) is 7.40. The number of aliphatic imine (C=N–C) groups is 1. The fourth-order valence-electron chi connectivity index (χ4n) is 2.87. The maximum atomic E-state index is 5.09. The highest BCUT2D eigenvalue weighted by Crippen LogP contribution is 2.38. The molecule has 1 aliphatic carbocycles. The Morgan fingerprint density at radius 2 is 2.25 bits per heavy atom. The first kappa shape index (κ1) is 13.9. The Kier molecular flexibility index (Phi) is 4.01. The van der Waals surface area contributed by atoms with Crippen molar-refractivity contribution >= 4 is 16.9 Å². The number of thioether (sulfide) groups is 1. The van der Waals surface area contributed by atoms with Crippen molar-refractivity contribution in [1.82, 2.24) is 15.5 Å². The molecule has 110 valence electrons. The Morgan fingerprint density at radius 1 is 1.45 bits per heavy atom. The third kappa shape index (κ3) is 3.16. The molecule has 1 saturated carbocycles. The lowest BCUT2D eigenvalue weighted by Gasteiger charge is -2.35. The van der Waals surface area contributed by atoms with Crippen LogP contribution in [0, 0.1) is 12.8 Å². The molecule has 6 heteroatoms. The van der Waals surface area contributed by atoms with Crippen LogP contribution >= 0.6 is 11.8 Å². The van der Waals surface area contributed by atoms with Gasteiger partial charge in [-0.15, -0.1) is 0 Å². The average Bonchev–Trinajstić information content (AvgIpc) is 3.02. The van der Waals surface area contributed by atoms with E-state index in [1.807, 2.05) is 18.7 Å². The molecule has 0 amide bonds. The third-order valence-electron chi connectivity index (χ3n) is 4.24. The molecule has 1 spiro atoms. The van der Waals surface area contributed by atoms with Crippen LogP contribution in [-0.4, -0.2) is 33.1 Å². The zero-order chi connectivity index (χ0) is 14.0. The van der Waals surface area contributed by atoms with Gasteiger partial charge in [0.2, 0.25) is 5.89 Å². The van der Waals surface area contributed by atoms with Crippen LogP contribution in [0.2, 0.25) is 0 Å². The molecule has 0 aromatic carbocycles. The van der Waals surface area contributed by atoms with Crippen LogP contribution < -0.4 is 5.32 Å². The topological polar surface area (TPSA) is 63.3 Å². The van der Waals surface area contributed by atoms with Crippen molar-refractivity contribution in [3.8, 4) is 0 Å². The van der Waals surface area contributed by atoms with Crippen LogP contribution in [0.15, 0.2) is 9.52 Å². The smallest absolute Gasteiger partial charge is 0.228 e. The standard InChI is InChI=1S/C14H22N4OS/c1-10-3-6-14(7-4-10)9-20-13(17-14)15-8-5-12-16-11(2)18-19-12/h10H,3-9H2,1-2H3,(H,15,17). The summed E-state index contributed by atoms with van der Waals surface area (Å²) in [5, 5.41) is 8.54. The van der Waals surface area contributed by atoms with Crippen LogP contribution in [0.4, 0.5) is 0 Å². The van der Waals surface area contributed by atoms with Gasteiger partial charge >= 0.3 is 0 Å². The van der Waals surface area contributed by atoms with E-state index in [1.54, 1.807) is 0 Å². The second-order valence-corrected chi connectivity index (χ2v) is 7.01. The van der Waals surface area contributed by atoms with Gasteiger partial charge < -0.3 is 9.84 Å². The lowest BCUT2D eigenvalue weighted by Crippen LogP contribution is -2.46. The van der Waals surface area contributed by atoms with Gasteiger partial charge in [0, 0.05) is 17.7 Å². The minimum Gasteiger partial charge on any atom is -0.359 e. The second kappa shape index (κ2) is 5.76.